The van der Waals surface area contributed by atoms with E-state index in [1.807, 2.05) is 54.6 Å². The molecular weight excluding hydrogens is 337 g/mol. The van der Waals surface area contributed by atoms with Gasteiger partial charge in [-0.25, -0.2) is 0 Å². The van der Waals surface area contributed by atoms with Gasteiger partial charge < -0.3 is 5.32 Å². The molecule has 1 N–H and O–H groups in total. The second-order valence-corrected chi connectivity index (χ2v) is 4.88. The first-order valence-electron chi connectivity index (χ1n) is 5.54. The molecule has 0 aliphatic heterocycles. The van der Waals surface area contributed by atoms with Gasteiger partial charge in [-0.05, 0) is 46.4 Å². The topological polar surface area (TPSA) is 29.1 Å². The standard InChI is InChI=1S/C15H12INO/c16-13-8-4-5-9-14(13)17-15(18)11-10-12-6-2-1-3-7-12/h1-11H,(H,17,18)/b11-10+. The smallest absolute Gasteiger partial charge is 0.248 e. The lowest BCUT2D eigenvalue weighted by Crippen LogP contribution is -2.08. The van der Waals surface area contributed by atoms with Gasteiger partial charge in [0.25, 0.3) is 0 Å². The zero-order chi connectivity index (χ0) is 12.8. The van der Waals surface area contributed by atoms with Crippen LogP contribution in [0.1, 0.15) is 5.56 Å². The van der Waals surface area contributed by atoms with Crippen LogP contribution in [0.3, 0.4) is 0 Å². The monoisotopic (exact) mass is 349 g/mol. The molecule has 0 radical (unpaired) electrons. The normalized spacial score (nSPS) is 10.5. The van der Waals surface area contributed by atoms with Crippen LogP contribution in [0.2, 0.25) is 0 Å². The minimum atomic E-state index is -0.122. The van der Waals surface area contributed by atoms with E-state index in [0.29, 0.717) is 0 Å². The molecule has 2 nitrogen and oxygen atoms in total. The van der Waals surface area contributed by atoms with Gasteiger partial charge in [-0.3, -0.25) is 4.79 Å². The van der Waals surface area contributed by atoms with Crippen molar-refractivity contribution in [3.05, 3.63) is 69.8 Å². The lowest BCUT2D eigenvalue weighted by atomic mass is 10.2. The van der Waals surface area contributed by atoms with E-state index in [4.69, 9.17) is 0 Å². The number of amides is 1. The van der Waals surface area contributed by atoms with E-state index in [2.05, 4.69) is 27.9 Å². The van der Waals surface area contributed by atoms with Crippen LogP contribution >= 0.6 is 22.6 Å². The van der Waals surface area contributed by atoms with E-state index >= 15 is 0 Å². The Morgan fingerprint density at radius 1 is 1.00 bits per heavy atom. The molecule has 90 valence electrons. The molecule has 0 fully saturated rings. The summed E-state index contributed by atoms with van der Waals surface area (Å²) in [6.07, 6.45) is 3.34. The Morgan fingerprint density at radius 3 is 2.39 bits per heavy atom. The highest BCUT2D eigenvalue weighted by molar-refractivity contribution is 14.1. The fourth-order valence-electron chi connectivity index (χ4n) is 1.47. The summed E-state index contributed by atoms with van der Waals surface area (Å²) in [7, 11) is 0. The number of hydrogen-bond acceptors (Lipinski definition) is 1. The van der Waals surface area contributed by atoms with Gasteiger partial charge >= 0.3 is 0 Å². The summed E-state index contributed by atoms with van der Waals surface area (Å²) in [4.78, 5) is 11.7. The summed E-state index contributed by atoms with van der Waals surface area (Å²) in [5.74, 6) is -0.122. The first-order valence-corrected chi connectivity index (χ1v) is 6.62. The fourth-order valence-corrected chi connectivity index (χ4v) is 2.00. The lowest BCUT2D eigenvalue weighted by Gasteiger charge is -2.03. The van der Waals surface area contributed by atoms with E-state index in [1.165, 1.54) is 0 Å². The number of hydrogen-bond donors (Lipinski definition) is 1. The minimum absolute atomic E-state index is 0.122. The van der Waals surface area contributed by atoms with E-state index in [-0.39, 0.29) is 5.91 Å². The molecule has 0 bridgehead atoms. The van der Waals surface area contributed by atoms with Crippen LogP contribution in [0.15, 0.2) is 60.7 Å². The average molecular weight is 349 g/mol. The number of nitrogens with one attached hydrogen (secondary N) is 1. The largest absolute Gasteiger partial charge is 0.322 e. The van der Waals surface area contributed by atoms with Crippen LogP contribution < -0.4 is 5.32 Å². The first-order chi connectivity index (χ1) is 8.75. The van der Waals surface area contributed by atoms with E-state index in [0.717, 1.165) is 14.8 Å². The third-order valence-electron chi connectivity index (χ3n) is 2.36. The first kappa shape index (κ1) is 12.8. The average Bonchev–Trinajstić information content (AvgIpc) is 2.40. The molecule has 0 spiro atoms. The number of carbonyl (C=O) groups excluding carboxylic acids is 1. The van der Waals surface area contributed by atoms with Crippen molar-refractivity contribution >= 4 is 40.3 Å². The Hall–Kier alpha value is -1.62. The van der Waals surface area contributed by atoms with E-state index < -0.39 is 0 Å². The Balaban J connectivity index is 2.02. The van der Waals surface area contributed by atoms with Crippen molar-refractivity contribution in [3.8, 4) is 0 Å². The van der Waals surface area contributed by atoms with Gasteiger partial charge in [0.2, 0.25) is 5.91 Å². The van der Waals surface area contributed by atoms with E-state index in [9.17, 15) is 4.79 Å². The van der Waals surface area contributed by atoms with Gasteiger partial charge in [-0.2, -0.15) is 0 Å². The van der Waals surface area contributed by atoms with Crippen molar-refractivity contribution in [2.45, 2.75) is 0 Å². The summed E-state index contributed by atoms with van der Waals surface area (Å²) in [5.41, 5.74) is 1.84. The molecule has 0 unspecified atom stereocenters. The van der Waals surface area contributed by atoms with Crippen LogP contribution in [-0.4, -0.2) is 5.91 Å². The highest BCUT2D eigenvalue weighted by Gasteiger charge is 2.00. The van der Waals surface area contributed by atoms with Gasteiger partial charge in [0.1, 0.15) is 0 Å². The second-order valence-electron chi connectivity index (χ2n) is 3.71. The molecule has 0 aliphatic rings. The number of anilines is 1. The Bertz CT molecular complexity index is 564. The lowest BCUT2D eigenvalue weighted by molar-refractivity contribution is -0.111. The molecule has 0 heterocycles. The van der Waals surface area contributed by atoms with Crippen molar-refractivity contribution < 1.29 is 4.79 Å². The number of carbonyl (C=O) groups is 1. The second kappa shape index (κ2) is 6.35. The van der Waals surface area contributed by atoms with Gasteiger partial charge in [0.05, 0.1) is 5.69 Å². The predicted molar refractivity (Wildman–Crippen MR) is 83.3 cm³/mol. The van der Waals surface area contributed by atoms with Gasteiger partial charge in [0, 0.05) is 9.65 Å². The zero-order valence-electron chi connectivity index (χ0n) is 9.64. The summed E-state index contributed by atoms with van der Waals surface area (Å²) < 4.78 is 1.02. The number of rotatable bonds is 3. The summed E-state index contributed by atoms with van der Waals surface area (Å²) in [5, 5.41) is 2.85. The Kier molecular flexibility index (Phi) is 4.52. The number of para-hydroxylation sites is 1. The van der Waals surface area contributed by atoms with Crippen molar-refractivity contribution in [1.29, 1.82) is 0 Å². The molecular formula is C15H12INO. The van der Waals surface area contributed by atoms with Crippen molar-refractivity contribution in [3.63, 3.8) is 0 Å². The van der Waals surface area contributed by atoms with Gasteiger partial charge in [-0.15, -0.1) is 0 Å². The van der Waals surface area contributed by atoms with Crippen LogP contribution in [0.4, 0.5) is 5.69 Å². The molecule has 2 aromatic carbocycles. The maximum atomic E-state index is 11.7. The molecule has 0 aliphatic carbocycles. The third kappa shape index (κ3) is 3.70. The Labute approximate surface area is 120 Å². The quantitative estimate of drug-likeness (QED) is 0.660. The fraction of sp³-hybridized carbons (Fsp3) is 0. The van der Waals surface area contributed by atoms with Crippen LogP contribution in [0, 0.1) is 3.57 Å². The number of benzene rings is 2. The van der Waals surface area contributed by atoms with Crippen LogP contribution in [0.5, 0.6) is 0 Å². The maximum Gasteiger partial charge on any atom is 0.248 e. The molecule has 2 aromatic rings. The van der Waals surface area contributed by atoms with Crippen molar-refractivity contribution in [1.82, 2.24) is 0 Å². The molecule has 0 saturated heterocycles. The third-order valence-corrected chi connectivity index (χ3v) is 3.30. The van der Waals surface area contributed by atoms with Gasteiger partial charge in [0.15, 0.2) is 0 Å². The molecule has 1 amide bonds. The highest BCUT2D eigenvalue weighted by Crippen LogP contribution is 2.16. The summed E-state index contributed by atoms with van der Waals surface area (Å²) >= 11 is 2.19. The van der Waals surface area contributed by atoms with Crippen LogP contribution in [-0.2, 0) is 4.79 Å². The zero-order valence-corrected chi connectivity index (χ0v) is 11.8. The SMILES string of the molecule is O=C(/C=C/c1ccccc1)Nc1ccccc1I. The molecule has 0 aromatic heterocycles. The van der Waals surface area contributed by atoms with E-state index in [1.54, 1.807) is 12.2 Å². The molecule has 0 atom stereocenters. The van der Waals surface area contributed by atoms with Crippen molar-refractivity contribution in [2.24, 2.45) is 0 Å². The molecule has 2 rings (SSSR count). The van der Waals surface area contributed by atoms with Crippen LogP contribution in [0.25, 0.3) is 6.08 Å². The molecule has 0 saturated carbocycles. The summed E-state index contributed by atoms with van der Waals surface area (Å²) in [6.45, 7) is 0. The van der Waals surface area contributed by atoms with Crippen molar-refractivity contribution in [2.75, 3.05) is 5.32 Å². The van der Waals surface area contributed by atoms with Gasteiger partial charge in [-0.1, -0.05) is 42.5 Å². The molecule has 3 heteroatoms. The predicted octanol–water partition coefficient (Wildman–Crippen LogP) is 3.94. The molecule has 18 heavy (non-hydrogen) atoms. The highest BCUT2D eigenvalue weighted by atomic mass is 127. The Morgan fingerprint density at radius 2 is 1.67 bits per heavy atom. The summed E-state index contributed by atoms with van der Waals surface area (Å²) in [6, 6.07) is 17.4. The number of halogens is 1. The maximum absolute atomic E-state index is 11.7. The minimum Gasteiger partial charge on any atom is -0.322 e.